The predicted molar refractivity (Wildman–Crippen MR) is 69.5 cm³/mol. The van der Waals surface area contributed by atoms with Gasteiger partial charge >= 0.3 is 0 Å². The predicted octanol–water partition coefficient (Wildman–Crippen LogP) is 1.33. The number of para-hydroxylation sites is 1. The number of aromatic nitrogens is 2. The van der Waals surface area contributed by atoms with Gasteiger partial charge in [0.2, 0.25) is 5.91 Å². The first-order valence-corrected chi connectivity index (χ1v) is 6.40. The Kier molecular flexibility index (Phi) is 2.67. The van der Waals surface area contributed by atoms with Gasteiger partial charge < -0.3 is 10.6 Å². The molecule has 1 fully saturated rings. The molecule has 6 nitrogen and oxygen atoms in total. The number of thioether (sulfide) groups is 1. The number of amides is 2. The van der Waals surface area contributed by atoms with Gasteiger partial charge in [-0.05, 0) is 12.1 Å². The number of H-pyrrole nitrogens is 1. The van der Waals surface area contributed by atoms with Crippen LogP contribution in [0.15, 0.2) is 24.3 Å². The summed E-state index contributed by atoms with van der Waals surface area (Å²) in [5.74, 6) is 0.694. The third kappa shape index (κ3) is 1.92. The molecule has 0 radical (unpaired) electrons. The number of hydrogen-bond acceptors (Lipinski definition) is 4. The van der Waals surface area contributed by atoms with Crippen molar-refractivity contribution >= 4 is 39.6 Å². The minimum Gasteiger partial charge on any atom is -0.334 e. The highest BCUT2D eigenvalue weighted by Gasteiger charge is 2.28. The van der Waals surface area contributed by atoms with E-state index in [2.05, 4.69) is 20.8 Å². The minimum atomic E-state index is -0.488. The maximum atomic E-state index is 11.9. The van der Waals surface area contributed by atoms with Gasteiger partial charge in [0.15, 0.2) is 5.82 Å². The van der Waals surface area contributed by atoms with Crippen molar-refractivity contribution in [1.82, 2.24) is 15.5 Å². The number of carbonyl (C=O) groups excluding carboxylic acids is 2. The van der Waals surface area contributed by atoms with Crippen LogP contribution in [0, 0.1) is 0 Å². The summed E-state index contributed by atoms with van der Waals surface area (Å²) in [6.07, 6.45) is 0. The number of hydrogen-bond donors (Lipinski definition) is 3. The van der Waals surface area contributed by atoms with Crippen LogP contribution in [0.1, 0.15) is 0 Å². The Morgan fingerprint density at radius 3 is 3.06 bits per heavy atom. The van der Waals surface area contributed by atoms with Gasteiger partial charge in [-0.25, -0.2) is 0 Å². The third-order valence-corrected chi connectivity index (χ3v) is 3.58. The van der Waals surface area contributed by atoms with Crippen LogP contribution in [-0.2, 0) is 4.79 Å². The number of anilines is 1. The maximum absolute atomic E-state index is 11.9. The Bertz CT molecular complexity index is 624. The first-order chi connectivity index (χ1) is 8.74. The van der Waals surface area contributed by atoms with Gasteiger partial charge in [0.1, 0.15) is 6.04 Å². The highest BCUT2D eigenvalue weighted by atomic mass is 32.2. The molecule has 3 rings (SSSR count). The Labute approximate surface area is 107 Å². The summed E-state index contributed by atoms with van der Waals surface area (Å²) in [5.41, 5.74) is 0.859. The highest BCUT2D eigenvalue weighted by molar-refractivity contribution is 8.14. The van der Waals surface area contributed by atoms with E-state index >= 15 is 0 Å². The molecule has 0 saturated carbocycles. The first kappa shape index (κ1) is 11.1. The van der Waals surface area contributed by atoms with Crippen LogP contribution in [0.4, 0.5) is 10.6 Å². The first-order valence-electron chi connectivity index (χ1n) is 5.41. The molecule has 2 amide bonds. The molecule has 18 heavy (non-hydrogen) atoms. The number of nitrogens with zero attached hydrogens (tertiary/aromatic N) is 1. The fourth-order valence-electron chi connectivity index (χ4n) is 1.79. The zero-order chi connectivity index (χ0) is 12.5. The maximum Gasteiger partial charge on any atom is 0.279 e. The van der Waals surface area contributed by atoms with E-state index in [0.29, 0.717) is 11.6 Å². The summed E-state index contributed by atoms with van der Waals surface area (Å²) >= 11 is 1.11. The average Bonchev–Trinajstić information content (AvgIpc) is 2.97. The molecule has 1 aliphatic rings. The van der Waals surface area contributed by atoms with Gasteiger partial charge in [-0.3, -0.25) is 14.7 Å². The molecule has 3 N–H and O–H groups in total. The average molecular weight is 262 g/mol. The molecule has 1 unspecified atom stereocenters. The Morgan fingerprint density at radius 2 is 2.28 bits per heavy atom. The van der Waals surface area contributed by atoms with Crippen LogP contribution in [0.25, 0.3) is 10.9 Å². The van der Waals surface area contributed by atoms with E-state index in [-0.39, 0.29) is 11.1 Å². The molecule has 1 aromatic heterocycles. The number of nitrogens with one attached hydrogen (secondary N) is 3. The number of fused-ring (bicyclic) bond motifs is 1. The minimum absolute atomic E-state index is 0.165. The summed E-state index contributed by atoms with van der Waals surface area (Å²) in [5, 5.41) is 12.9. The van der Waals surface area contributed by atoms with Crippen molar-refractivity contribution in [3.63, 3.8) is 0 Å². The summed E-state index contributed by atoms with van der Waals surface area (Å²) in [6.45, 7) is 0. The number of benzene rings is 1. The molecule has 1 aromatic carbocycles. The lowest BCUT2D eigenvalue weighted by Gasteiger charge is -2.08. The lowest BCUT2D eigenvalue weighted by atomic mass is 10.2. The SMILES string of the molecule is O=C1NC(C(=O)Nc2n[nH]c3ccccc23)CS1. The van der Waals surface area contributed by atoms with Crippen LogP contribution in [0.5, 0.6) is 0 Å². The summed E-state index contributed by atoms with van der Waals surface area (Å²) < 4.78 is 0. The van der Waals surface area contributed by atoms with Gasteiger partial charge in [0, 0.05) is 11.1 Å². The molecule has 2 heterocycles. The summed E-state index contributed by atoms with van der Waals surface area (Å²) in [7, 11) is 0. The molecule has 1 saturated heterocycles. The second kappa shape index (κ2) is 4.34. The Balaban J connectivity index is 1.80. The fourth-order valence-corrected chi connectivity index (χ4v) is 2.57. The quantitative estimate of drug-likeness (QED) is 0.762. The van der Waals surface area contributed by atoms with Crippen LogP contribution < -0.4 is 10.6 Å². The second-order valence-electron chi connectivity index (χ2n) is 3.90. The fraction of sp³-hybridized carbons (Fsp3) is 0.182. The van der Waals surface area contributed by atoms with E-state index in [4.69, 9.17) is 0 Å². The zero-order valence-electron chi connectivity index (χ0n) is 9.27. The van der Waals surface area contributed by atoms with Gasteiger partial charge in [-0.1, -0.05) is 23.9 Å². The highest BCUT2D eigenvalue weighted by Crippen LogP contribution is 2.20. The smallest absolute Gasteiger partial charge is 0.279 e. The molecule has 92 valence electrons. The van der Waals surface area contributed by atoms with E-state index in [0.717, 1.165) is 22.7 Å². The van der Waals surface area contributed by atoms with Crippen LogP contribution >= 0.6 is 11.8 Å². The van der Waals surface area contributed by atoms with Crippen molar-refractivity contribution in [3.8, 4) is 0 Å². The number of carbonyl (C=O) groups is 2. The van der Waals surface area contributed by atoms with Gasteiger partial charge in [0.05, 0.1) is 5.52 Å². The molecule has 2 aromatic rings. The van der Waals surface area contributed by atoms with Gasteiger partial charge in [-0.15, -0.1) is 0 Å². The molecule has 1 atom stereocenters. The van der Waals surface area contributed by atoms with Crippen molar-refractivity contribution < 1.29 is 9.59 Å². The van der Waals surface area contributed by atoms with Crippen molar-refractivity contribution in [1.29, 1.82) is 0 Å². The van der Waals surface area contributed by atoms with Crippen molar-refractivity contribution in [2.75, 3.05) is 11.1 Å². The topological polar surface area (TPSA) is 86.9 Å². The standard InChI is InChI=1S/C11H10N4O2S/c16-10(8-5-18-11(17)12-8)13-9-6-3-1-2-4-7(6)14-15-9/h1-4,8H,5H2,(H,12,17)(H2,13,14,15,16). The van der Waals surface area contributed by atoms with Crippen LogP contribution in [-0.4, -0.2) is 33.1 Å². The summed E-state index contributed by atoms with van der Waals surface area (Å²) in [6, 6.07) is 7.03. The van der Waals surface area contributed by atoms with Crippen LogP contribution in [0.2, 0.25) is 0 Å². The number of rotatable bonds is 2. The normalized spacial score (nSPS) is 18.9. The van der Waals surface area contributed by atoms with Crippen LogP contribution in [0.3, 0.4) is 0 Å². The third-order valence-electron chi connectivity index (χ3n) is 2.70. The van der Waals surface area contributed by atoms with Gasteiger partial charge in [0.25, 0.3) is 5.24 Å². The van der Waals surface area contributed by atoms with Crippen molar-refractivity contribution in [3.05, 3.63) is 24.3 Å². The zero-order valence-corrected chi connectivity index (χ0v) is 10.1. The molecule has 0 spiro atoms. The summed E-state index contributed by atoms with van der Waals surface area (Å²) in [4.78, 5) is 22.9. The van der Waals surface area contributed by atoms with Crippen molar-refractivity contribution in [2.24, 2.45) is 0 Å². The van der Waals surface area contributed by atoms with E-state index < -0.39 is 6.04 Å². The van der Waals surface area contributed by atoms with E-state index in [1.165, 1.54) is 0 Å². The number of aromatic amines is 1. The molecule has 7 heteroatoms. The second-order valence-corrected chi connectivity index (χ2v) is 4.90. The molecule has 0 aliphatic carbocycles. The molecular formula is C11H10N4O2S. The van der Waals surface area contributed by atoms with E-state index in [9.17, 15) is 9.59 Å². The molecule has 0 bridgehead atoms. The van der Waals surface area contributed by atoms with E-state index in [1.807, 2.05) is 24.3 Å². The molecular weight excluding hydrogens is 252 g/mol. The molecule has 1 aliphatic heterocycles. The van der Waals surface area contributed by atoms with Gasteiger partial charge in [-0.2, -0.15) is 5.10 Å². The largest absolute Gasteiger partial charge is 0.334 e. The monoisotopic (exact) mass is 262 g/mol. The lowest BCUT2D eigenvalue weighted by molar-refractivity contribution is -0.117. The van der Waals surface area contributed by atoms with E-state index in [1.54, 1.807) is 0 Å². The Morgan fingerprint density at radius 1 is 1.44 bits per heavy atom. The van der Waals surface area contributed by atoms with Crippen molar-refractivity contribution in [2.45, 2.75) is 6.04 Å². The Hall–Kier alpha value is -2.02. The lowest BCUT2D eigenvalue weighted by Crippen LogP contribution is -2.38.